The number of aromatic nitrogens is 3. The van der Waals surface area contributed by atoms with Gasteiger partial charge < -0.3 is 0 Å². The van der Waals surface area contributed by atoms with Crippen LogP contribution in [0.3, 0.4) is 0 Å². The summed E-state index contributed by atoms with van der Waals surface area (Å²) in [6, 6.07) is 2.10. The minimum Gasteiger partial charge on any atom is -0.297 e. The van der Waals surface area contributed by atoms with Gasteiger partial charge in [-0.1, -0.05) is 0 Å². The molecule has 4 rings (SSSR count). The molecule has 23 heavy (non-hydrogen) atoms. The van der Waals surface area contributed by atoms with E-state index in [2.05, 4.69) is 20.9 Å². The van der Waals surface area contributed by atoms with Crippen molar-refractivity contribution in [3.8, 4) is 0 Å². The van der Waals surface area contributed by atoms with Crippen LogP contribution in [0.15, 0.2) is 12.4 Å². The molecule has 1 saturated heterocycles. The Bertz CT molecular complexity index is 658. The summed E-state index contributed by atoms with van der Waals surface area (Å²) in [7, 11) is 0. The van der Waals surface area contributed by atoms with Crippen molar-refractivity contribution in [3.05, 3.63) is 39.4 Å². The van der Waals surface area contributed by atoms with Gasteiger partial charge in [-0.3, -0.25) is 4.90 Å². The largest absolute Gasteiger partial charge is 0.297 e. The van der Waals surface area contributed by atoms with Gasteiger partial charge in [0.15, 0.2) is 0 Å². The average Bonchev–Trinajstić information content (AvgIpc) is 2.99. The third-order valence-corrected chi connectivity index (χ3v) is 6.28. The lowest BCUT2D eigenvalue weighted by Crippen LogP contribution is -2.34. The van der Waals surface area contributed by atoms with Crippen molar-refractivity contribution in [1.82, 2.24) is 19.9 Å². The molecule has 0 amide bonds. The lowest BCUT2D eigenvalue weighted by molar-refractivity contribution is 0.198. The van der Waals surface area contributed by atoms with E-state index in [1.54, 1.807) is 11.2 Å². The molecule has 2 aliphatic rings. The van der Waals surface area contributed by atoms with Crippen LogP contribution in [0.2, 0.25) is 0 Å². The van der Waals surface area contributed by atoms with Crippen molar-refractivity contribution in [2.24, 2.45) is 0 Å². The number of hydrogen-bond donors (Lipinski definition) is 0. The SMILES string of the molecule is Cc1cc(CN2CCCC(c3nc4c(s3)CCCC4)C2)ncn1. The van der Waals surface area contributed by atoms with E-state index >= 15 is 0 Å². The number of aryl methyl sites for hydroxylation is 3. The molecule has 1 fully saturated rings. The molecular weight excluding hydrogens is 304 g/mol. The summed E-state index contributed by atoms with van der Waals surface area (Å²) >= 11 is 1.99. The van der Waals surface area contributed by atoms with Gasteiger partial charge in [0.25, 0.3) is 0 Å². The Labute approximate surface area is 142 Å². The number of thiazole rings is 1. The van der Waals surface area contributed by atoms with Crippen molar-refractivity contribution in [3.63, 3.8) is 0 Å². The topological polar surface area (TPSA) is 41.9 Å². The Morgan fingerprint density at radius 2 is 2.13 bits per heavy atom. The summed E-state index contributed by atoms with van der Waals surface area (Å²) < 4.78 is 0. The Morgan fingerprint density at radius 1 is 1.22 bits per heavy atom. The molecule has 0 radical (unpaired) electrons. The molecule has 1 aliphatic carbocycles. The highest BCUT2D eigenvalue weighted by Crippen LogP contribution is 2.34. The molecule has 0 N–H and O–H groups in total. The molecule has 0 saturated carbocycles. The van der Waals surface area contributed by atoms with Gasteiger partial charge in [0, 0.05) is 29.6 Å². The predicted octanol–water partition coefficient (Wildman–Crippen LogP) is 3.50. The molecule has 0 aromatic carbocycles. The van der Waals surface area contributed by atoms with Crippen LogP contribution in [0.4, 0.5) is 0 Å². The maximum atomic E-state index is 5.00. The Morgan fingerprint density at radius 3 is 3.00 bits per heavy atom. The van der Waals surface area contributed by atoms with Gasteiger partial charge >= 0.3 is 0 Å². The van der Waals surface area contributed by atoms with E-state index < -0.39 is 0 Å². The zero-order valence-electron chi connectivity index (χ0n) is 13.8. The number of nitrogens with zero attached hydrogens (tertiary/aromatic N) is 4. The van der Waals surface area contributed by atoms with Crippen molar-refractivity contribution in [1.29, 1.82) is 0 Å². The molecule has 5 heteroatoms. The van der Waals surface area contributed by atoms with E-state index in [9.17, 15) is 0 Å². The Kier molecular flexibility index (Phi) is 4.40. The normalized spacial score (nSPS) is 22.0. The van der Waals surface area contributed by atoms with Gasteiger partial charge in [0.1, 0.15) is 6.33 Å². The fraction of sp³-hybridized carbons (Fsp3) is 0.611. The summed E-state index contributed by atoms with van der Waals surface area (Å²) in [6.45, 7) is 5.26. The summed E-state index contributed by atoms with van der Waals surface area (Å²) in [5.74, 6) is 0.613. The quantitative estimate of drug-likeness (QED) is 0.865. The van der Waals surface area contributed by atoms with Crippen LogP contribution in [0, 0.1) is 6.92 Å². The molecule has 0 bridgehead atoms. The van der Waals surface area contributed by atoms with Gasteiger partial charge in [-0.2, -0.15) is 0 Å². The Hall–Kier alpha value is -1.33. The maximum absolute atomic E-state index is 5.00. The fourth-order valence-corrected chi connectivity index (χ4v) is 5.05. The molecule has 2 aromatic heterocycles. The van der Waals surface area contributed by atoms with E-state index in [4.69, 9.17) is 4.98 Å². The van der Waals surface area contributed by atoms with Crippen LogP contribution in [0.1, 0.15) is 58.6 Å². The van der Waals surface area contributed by atoms with Crippen molar-refractivity contribution < 1.29 is 0 Å². The van der Waals surface area contributed by atoms with Crippen LogP contribution in [-0.2, 0) is 19.4 Å². The summed E-state index contributed by atoms with van der Waals surface area (Å²) in [6.07, 6.45) is 9.34. The predicted molar refractivity (Wildman–Crippen MR) is 92.8 cm³/mol. The lowest BCUT2D eigenvalue weighted by atomic mass is 9.98. The second kappa shape index (κ2) is 6.65. The Balaban J connectivity index is 1.45. The monoisotopic (exact) mass is 328 g/mol. The van der Waals surface area contributed by atoms with E-state index in [1.807, 2.05) is 18.3 Å². The van der Waals surface area contributed by atoms with Gasteiger partial charge in [0.2, 0.25) is 0 Å². The van der Waals surface area contributed by atoms with Gasteiger partial charge in [0.05, 0.1) is 16.4 Å². The smallest absolute Gasteiger partial charge is 0.115 e. The number of hydrogen-bond acceptors (Lipinski definition) is 5. The minimum absolute atomic E-state index is 0.613. The van der Waals surface area contributed by atoms with Crippen LogP contribution >= 0.6 is 11.3 Å². The molecule has 1 unspecified atom stereocenters. The summed E-state index contributed by atoms with van der Waals surface area (Å²) in [4.78, 5) is 17.7. The number of fused-ring (bicyclic) bond motifs is 1. The van der Waals surface area contributed by atoms with Crippen molar-refractivity contribution in [2.45, 2.75) is 57.9 Å². The molecule has 3 heterocycles. The number of likely N-dealkylation sites (tertiary alicyclic amines) is 1. The highest BCUT2D eigenvalue weighted by Gasteiger charge is 2.26. The average molecular weight is 328 g/mol. The molecule has 122 valence electrons. The second-order valence-corrected chi connectivity index (χ2v) is 7.97. The van der Waals surface area contributed by atoms with Gasteiger partial charge in [-0.15, -0.1) is 11.3 Å². The first-order valence-electron chi connectivity index (χ1n) is 8.76. The number of rotatable bonds is 3. The van der Waals surface area contributed by atoms with Crippen LogP contribution in [0.5, 0.6) is 0 Å². The first-order chi connectivity index (χ1) is 11.3. The highest BCUT2D eigenvalue weighted by molar-refractivity contribution is 7.11. The first kappa shape index (κ1) is 15.2. The van der Waals surface area contributed by atoms with E-state index in [-0.39, 0.29) is 0 Å². The first-order valence-corrected chi connectivity index (χ1v) is 9.58. The van der Waals surface area contributed by atoms with Gasteiger partial charge in [-0.25, -0.2) is 15.0 Å². The van der Waals surface area contributed by atoms with Gasteiger partial charge in [-0.05, 0) is 58.1 Å². The van der Waals surface area contributed by atoms with Crippen LogP contribution in [-0.4, -0.2) is 32.9 Å². The van der Waals surface area contributed by atoms with Crippen molar-refractivity contribution in [2.75, 3.05) is 13.1 Å². The standard InChI is InChI=1S/C18H24N4S/c1-13-9-15(20-12-19-13)11-22-8-4-5-14(10-22)18-21-16-6-2-3-7-17(16)23-18/h9,12,14H,2-8,10-11H2,1H3. The molecule has 2 aromatic rings. The zero-order valence-corrected chi connectivity index (χ0v) is 14.6. The minimum atomic E-state index is 0.613. The molecule has 1 atom stereocenters. The van der Waals surface area contributed by atoms with Crippen molar-refractivity contribution >= 4 is 11.3 Å². The summed E-state index contributed by atoms with van der Waals surface area (Å²) in [5, 5.41) is 1.39. The van der Waals surface area contributed by atoms with E-state index in [0.29, 0.717) is 5.92 Å². The van der Waals surface area contributed by atoms with E-state index in [1.165, 1.54) is 55.8 Å². The molecular formula is C18H24N4S. The van der Waals surface area contributed by atoms with Crippen LogP contribution < -0.4 is 0 Å². The van der Waals surface area contributed by atoms with Crippen LogP contribution in [0.25, 0.3) is 0 Å². The second-order valence-electron chi connectivity index (χ2n) is 6.85. The molecule has 1 aliphatic heterocycles. The maximum Gasteiger partial charge on any atom is 0.115 e. The fourth-order valence-electron chi connectivity index (χ4n) is 3.77. The summed E-state index contributed by atoms with van der Waals surface area (Å²) in [5.41, 5.74) is 3.59. The van der Waals surface area contributed by atoms with E-state index in [0.717, 1.165) is 24.5 Å². The third kappa shape index (κ3) is 3.45. The zero-order chi connectivity index (χ0) is 15.6. The highest BCUT2D eigenvalue weighted by atomic mass is 32.1. The molecule has 4 nitrogen and oxygen atoms in total. The lowest BCUT2D eigenvalue weighted by Gasteiger charge is -2.31. The third-order valence-electron chi connectivity index (χ3n) is 4.96. The molecule has 0 spiro atoms. The number of piperidine rings is 1.